The molecule has 1 aromatic carbocycles. The van der Waals surface area contributed by atoms with Gasteiger partial charge in [0, 0.05) is 17.8 Å². The molecule has 2 rings (SSSR count). The van der Waals surface area contributed by atoms with Crippen LogP contribution in [0.2, 0.25) is 5.02 Å². The molecule has 2 aromatic rings. The predicted octanol–water partition coefficient (Wildman–Crippen LogP) is 2.97. The van der Waals surface area contributed by atoms with E-state index in [1.807, 2.05) is 26.0 Å². The van der Waals surface area contributed by atoms with Crippen LogP contribution >= 0.6 is 11.6 Å². The summed E-state index contributed by atoms with van der Waals surface area (Å²) < 4.78 is 1.66. The van der Waals surface area contributed by atoms with Gasteiger partial charge in [0.2, 0.25) is 0 Å². The van der Waals surface area contributed by atoms with E-state index in [0.717, 1.165) is 5.69 Å². The largest absolute Gasteiger partial charge is 0.393 e. The van der Waals surface area contributed by atoms with Crippen molar-refractivity contribution in [3.8, 4) is 5.69 Å². The molecule has 1 atom stereocenters. The monoisotopic (exact) mass is 335 g/mol. The molecule has 0 saturated heterocycles. The van der Waals surface area contributed by atoms with Gasteiger partial charge >= 0.3 is 0 Å². The number of nitrogens with zero attached hydrogens (tertiary/aromatic N) is 2. The molecular weight excluding hydrogens is 314 g/mol. The number of aromatic nitrogens is 2. The molecule has 0 radical (unpaired) electrons. The number of aryl methyl sites for hydroxylation is 1. The first kappa shape index (κ1) is 17.5. The van der Waals surface area contributed by atoms with E-state index in [0.29, 0.717) is 29.2 Å². The Morgan fingerprint density at radius 3 is 2.61 bits per heavy atom. The Kier molecular flexibility index (Phi) is 5.80. The summed E-state index contributed by atoms with van der Waals surface area (Å²) in [7, 11) is 0. The highest BCUT2D eigenvalue weighted by Crippen LogP contribution is 2.15. The Balaban J connectivity index is 2.03. The maximum atomic E-state index is 12.2. The van der Waals surface area contributed by atoms with Crippen LogP contribution in [0.3, 0.4) is 0 Å². The lowest BCUT2D eigenvalue weighted by atomic mass is 10.0. The number of hydrogen-bond acceptors (Lipinski definition) is 3. The van der Waals surface area contributed by atoms with Crippen LogP contribution < -0.4 is 5.32 Å². The topological polar surface area (TPSA) is 67.2 Å². The van der Waals surface area contributed by atoms with E-state index in [9.17, 15) is 9.90 Å². The lowest BCUT2D eigenvalue weighted by Crippen LogP contribution is -2.28. The summed E-state index contributed by atoms with van der Waals surface area (Å²) in [4.78, 5) is 12.2. The summed E-state index contributed by atoms with van der Waals surface area (Å²) in [6, 6.07) is 7.24. The van der Waals surface area contributed by atoms with Crippen molar-refractivity contribution in [3.05, 3.63) is 46.7 Å². The average molecular weight is 336 g/mol. The van der Waals surface area contributed by atoms with Gasteiger partial charge in [-0.2, -0.15) is 5.10 Å². The SMILES string of the molecule is Cc1nn(-c2ccc(Cl)cc2)cc1C(=O)NCCC(O)C(C)C. The second-order valence-corrected chi connectivity index (χ2v) is 6.34. The van der Waals surface area contributed by atoms with E-state index in [4.69, 9.17) is 11.6 Å². The Morgan fingerprint density at radius 1 is 1.35 bits per heavy atom. The first-order valence-corrected chi connectivity index (χ1v) is 8.04. The molecule has 124 valence electrons. The summed E-state index contributed by atoms with van der Waals surface area (Å²) in [5.74, 6) is -0.0000346. The van der Waals surface area contributed by atoms with E-state index in [2.05, 4.69) is 10.4 Å². The van der Waals surface area contributed by atoms with Gasteiger partial charge in [-0.25, -0.2) is 4.68 Å². The second-order valence-electron chi connectivity index (χ2n) is 5.91. The summed E-state index contributed by atoms with van der Waals surface area (Å²) in [6.07, 6.45) is 1.83. The quantitative estimate of drug-likeness (QED) is 0.852. The number of carbonyl (C=O) groups is 1. The van der Waals surface area contributed by atoms with Gasteiger partial charge in [0.15, 0.2) is 0 Å². The lowest BCUT2D eigenvalue weighted by Gasteiger charge is -2.14. The van der Waals surface area contributed by atoms with Crippen molar-refractivity contribution in [2.45, 2.75) is 33.3 Å². The first-order valence-electron chi connectivity index (χ1n) is 7.67. The van der Waals surface area contributed by atoms with Crippen molar-refractivity contribution in [2.75, 3.05) is 6.54 Å². The molecule has 0 bridgehead atoms. The summed E-state index contributed by atoms with van der Waals surface area (Å²) in [5, 5.41) is 17.6. The molecule has 0 saturated carbocycles. The number of aliphatic hydroxyl groups excluding tert-OH is 1. The fraction of sp³-hybridized carbons (Fsp3) is 0.412. The van der Waals surface area contributed by atoms with Gasteiger partial charge in [-0.05, 0) is 43.5 Å². The van der Waals surface area contributed by atoms with Crippen LogP contribution in [-0.2, 0) is 0 Å². The molecule has 0 fully saturated rings. The fourth-order valence-corrected chi connectivity index (χ4v) is 2.30. The van der Waals surface area contributed by atoms with Crippen molar-refractivity contribution in [1.29, 1.82) is 0 Å². The maximum absolute atomic E-state index is 12.2. The third kappa shape index (κ3) is 4.56. The molecule has 0 spiro atoms. The number of halogens is 1. The third-order valence-electron chi connectivity index (χ3n) is 3.73. The minimum atomic E-state index is -0.409. The average Bonchev–Trinajstić information content (AvgIpc) is 2.89. The molecule has 2 N–H and O–H groups in total. The maximum Gasteiger partial charge on any atom is 0.254 e. The van der Waals surface area contributed by atoms with Crippen LogP contribution in [0.25, 0.3) is 5.69 Å². The zero-order chi connectivity index (χ0) is 17.0. The van der Waals surface area contributed by atoms with Gasteiger partial charge in [-0.15, -0.1) is 0 Å². The highest BCUT2D eigenvalue weighted by Gasteiger charge is 2.15. The molecule has 1 heterocycles. The molecule has 0 aliphatic carbocycles. The van der Waals surface area contributed by atoms with Crippen LogP contribution in [0, 0.1) is 12.8 Å². The normalized spacial score (nSPS) is 12.4. The molecule has 1 unspecified atom stereocenters. The van der Waals surface area contributed by atoms with Gasteiger partial charge < -0.3 is 10.4 Å². The van der Waals surface area contributed by atoms with Crippen LogP contribution in [-0.4, -0.2) is 33.4 Å². The number of aliphatic hydroxyl groups is 1. The standard InChI is InChI=1S/C17H22ClN3O2/c1-11(2)16(22)8-9-19-17(23)15-10-21(20-12(15)3)14-6-4-13(18)5-7-14/h4-7,10-11,16,22H,8-9H2,1-3H3,(H,19,23). The minimum absolute atomic E-state index is 0.182. The minimum Gasteiger partial charge on any atom is -0.393 e. The van der Waals surface area contributed by atoms with E-state index < -0.39 is 6.10 Å². The van der Waals surface area contributed by atoms with Crippen LogP contribution in [0.15, 0.2) is 30.5 Å². The van der Waals surface area contributed by atoms with Gasteiger partial charge in [0.1, 0.15) is 0 Å². The molecule has 0 aliphatic heterocycles. The number of carbonyl (C=O) groups excluding carboxylic acids is 1. The van der Waals surface area contributed by atoms with Crippen molar-refractivity contribution in [1.82, 2.24) is 15.1 Å². The Labute approximate surface area is 141 Å². The Hall–Kier alpha value is -1.85. The first-order chi connectivity index (χ1) is 10.9. The summed E-state index contributed by atoms with van der Waals surface area (Å²) in [5.41, 5.74) is 2.02. The smallest absolute Gasteiger partial charge is 0.254 e. The number of nitrogens with one attached hydrogen (secondary N) is 1. The van der Waals surface area contributed by atoms with Crippen molar-refractivity contribution >= 4 is 17.5 Å². The highest BCUT2D eigenvalue weighted by atomic mass is 35.5. The molecule has 1 amide bonds. The summed E-state index contributed by atoms with van der Waals surface area (Å²) in [6.45, 7) is 6.13. The molecule has 1 aromatic heterocycles. The summed E-state index contributed by atoms with van der Waals surface area (Å²) >= 11 is 5.88. The highest BCUT2D eigenvalue weighted by molar-refractivity contribution is 6.30. The van der Waals surface area contributed by atoms with Crippen molar-refractivity contribution in [3.63, 3.8) is 0 Å². The number of amides is 1. The van der Waals surface area contributed by atoms with Crippen LogP contribution in [0.5, 0.6) is 0 Å². The van der Waals surface area contributed by atoms with E-state index >= 15 is 0 Å². The second kappa shape index (κ2) is 7.62. The predicted molar refractivity (Wildman–Crippen MR) is 91.1 cm³/mol. The Morgan fingerprint density at radius 2 is 2.00 bits per heavy atom. The van der Waals surface area contributed by atoms with Gasteiger partial charge in [0.05, 0.1) is 23.0 Å². The van der Waals surface area contributed by atoms with E-state index in [-0.39, 0.29) is 11.8 Å². The van der Waals surface area contributed by atoms with E-state index in [1.54, 1.807) is 29.9 Å². The van der Waals surface area contributed by atoms with Gasteiger partial charge in [-0.3, -0.25) is 4.79 Å². The molecule has 6 heteroatoms. The molecule has 5 nitrogen and oxygen atoms in total. The zero-order valence-corrected chi connectivity index (χ0v) is 14.3. The molecule has 0 aliphatic rings. The van der Waals surface area contributed by atoms with Crippen LogP contribution in [0.4, 0.5) is 0 Å². The zero-order valence-electron chi connectivity index (χ0n) is 13.6. The van der Waals surface area contributed by atoms with E-state index in [1.165, 1.54) is 0 Å². The lowest BCUT2D eigenvalue weighted by molar-refractivity contribution is 0.0919. The van der Waals surface area contributed by atoms with Crippen LogP contribution in [0.1, 0.15) is 36.3 Å². The molecular formula is C17H22ClN3O2. The van der Waals surface area contributed by atoms with Crippen molar-refractivity contribution < 1.29 is 9.90 Å². The fourth-order valence-electron chi connectivity index (χ4n) is 2.17. The number of hydrogen-bond donors (Lipinski definition) is 2. The van der Waals surface area contributed by atoms with Gasteiger partial charge in [0.25, 0.3) is 5.91 Å². The number of rotatable bonds is 6. The van der Waals surface area contributed by atoms with Crippen molar-refractivity contribution in [2.24, 2.45) is 5.92 Å². The number of benzene rings is 1. The Bertz CT molecular complexity index is 665. The molecule has 23 heavy (non-hydrogen) atoms. The third-order valence-corrected chi connectivity index (χ3v) is 3.98. The van der Waals surface area contributed by atoms with Gasteiger partial charge in [-0.1, -0.05) is 25.4 Å².